The maximum atomic E-state index is 13.4. The molecule has 1 atom stereocenters. The van der Waals surface area contributed by atoms with E-state index in [1.165, 1.54) is 12.0 Å². The highest BCUT2D eigenvalue weighted by Gasteiger charge is 2.39. The van der Waals surface area contributed by atoms with E-state index in [1.807, 2.05) is 41.0 Å². The number of nitrogens with zero attached hydrogens (tertiary/aromatic N) is 3. The van der Waals surface area contributed by atoms with E-state index in [0.29, 0.717) is 45.6 Å². The molecule has 2 heterocycles. The number of amides is 2. The fraction of sp³-hybridized carbons (Fsp3) is 0.680. The fourth-order valence-electron chi connectivity index (χ4n) is 5.48. The van der Waals surface area contributed by atoms with Crippen LogP contribution in [0.15, 0.2) is 24.3 Å². The van der Waals surface area contributed by atoms with Crippen LogP contribution in [0.2, 0.25) is 0 Å². The molecular weight excluding hydrogens is 438 g/mol. The van der Waals surface area contributed by atoms with E-state index in [9.17, 15) is 18.0 Å². The summed E-state index contributed by atoms with van der Waals surface area (Å²) in [5.74, 6) is 0.486. The van der Waals surface area contributed by atoms with Crippen molar-refractivity contribution in [1.82, 2.24) is 14.7 Å². The molecule has 33 heavy (non-hydrogen) atoms. The zero-order chi connectivity index (χ0) is 23.4. The third-order valence-corrected chi connectivity index (χ3v) is 9.17. The lowest BCUT2D eigenvalue weighted by atomic mass is 9.92. The highest BCUT2D eigenvalue weighted by Crippen LogP contribution is 2.28. The molecule has 4 rings (SSSR count). The number of benzene rings is 1. The number of piperazine rings is 1. The van der Waals surface area contributed by atoms with Crippen molar-refractivity contribution in [2.24, 2.45) is 0 Å². The maximum Gasteiger partial charge on any atom is 0.237 e. The van der Waals surface area contributed by atoms with Crippen LogP contribution < -0.4 is 0 Å². The topological polar surface area (TPSA) is 78.0 Å². The minimum absolute atomic E-state index is 0.0587. The van der Waals surface area contributed by atoms with Gasteiger partial charge in [-0.2, -0.15) is 0 Å². The fourth-order valence-corrected chi connectivity index (χ4v) is 7.19. The molecule has 2 aliphatic heterocycles. The molecule has 7 nitrogen and oxygen atoms in total. The van der Waals surface area contributed by atoms with Gasteiger partial charge in [-0.3, -0.25) is 14.5 Å². The average Bonchev–Trinajstić information content (AvgIpc) is 3.15. The number of hydrogen-bond acceptors (Lipinski definition) is 5. The van der Waals surface area contributed by atoms with Gasteiger partial charge in [0.05, 0.1) is 24.5 Å². The Morgan fingerprint density at radius 1 is 0.939 bits per heavy atom. The molecular formula is C25H37N3O4S. The van der Waals surface area contributed by atoms with Crippen molar-refractivity contribution >= 4 is 21.7 Å². The molecule has 0 N–H and O–H groups in total. The van der Waals surface area contributed by atoms with Crippen molar-refractivity contribution < 1.29 is 18.0 Å². The van der Waals surface area contributed by atoms with Crippen LogP contribution in [-0.4, -0.2) is 91.2 Å². The van der Waals surface area contributed by atoms with Crippen molar-refractivity contribution in [3.63, 3.8) is 0 Å². The molecule has 0 radical (unpaired) electrons. The average molecular weight is 476 g/mol. The lowest BCUT2D eigenvalue weighted by molar-refractivity contribution is -0.139. The minimum Gasteiger partial charge on any atom is -0.340 e. The summed E-state index contributed by atoms with van der Waals surface area (Å²) >= 11 is 0. The number of hydrogen-bond donors (Lipinski definition) is 0. The van der Waals surface area contributed by atoms with Gasteiger partial charge in [0.25, 0.3) is 0 Å². The van der Waals surface area contributed by atoms with Gasteiger partial charge in [-0.15, -0.1) is 0 Å². The van der Waals surface area contributed by atoms with Gasteiger partial charge >= 0.3 is 0 Å². The van der Waals surface area contributed by atoms with Gasteiger partial charge in [0.1, 0.15) is 0 Å². The third-order valence-electron chi connectivity index (χ3n) is 7.42. The molecule has 0 spiro atoms. The molecule has 182 valence electrons. The summed E-state index contributed by atoms with van der Waals surface area (Å²) in [6.45, 7) is 4.94. The number of carbonyl (C=O) groups excluding carboxylic acids is 2. The van der Waals surface area contributed by atoms with Gasteiger partial charge in [-0.1, -0.05) is 49.1 Å². The Bertz CT molecular complexity index is 933. The lowest BCUT2D eigenvalue weighted by Gasteiger charge is -2.40. The number of sulfone groups is 1. The second kappa shape index (κ2) is 10.6. The predicted octanol–water partition coefficient (Wildman–Crippen LogP) is 2.03. The largest absolute Gasteiger partial charge is 0.340 e. The van der Waals surface area contributed by atoms with Gasteiger partial charge in [0.2, 0.25) is 11.8 Å². The summed E-state index contributed by atoms with van der Waals surface area (Å²) in [6.07, 6.45) is 6.33. The number of aryl methyl sites for hydroxylation is 1. The van der Waals surface area contributed by atoms with Gasteiger partial charge in [-0.25, -0.2) is 8.42 Å². The molecule has 2 saturated heterocycles. The van der Waals surface area contributed by atoms with Crippen molar-refractivity contribution in [2.45, 2.75) is 64.0 Å². The van der Waals surface area contributed by atoms with Crippen LogP contribution >= 0.6 is 0 Å². The zero-order valence-corrected chi connectivity index (χ0v) is 20.6. The van der Waals surface area contributed by atoms with Gasteiger partial charge in [-0.05, 0) is 31.7 Å². The van der Waals surface area contributed by atoms with Crippen LogP contribution in [0.25, 0.3) is 0 Å². The van der Waals surface area contributed by atoms with E-state index >= 15 is 0 Å². The molecule has 0 bridgehead atoms. The molecule has 1 saturated carbocycles. The van der Waals surface area contributed by atoms with Crippen molar-refractivity contribution in [1.29, 1.82) is 0 Å². The Kier molecular flexibility index (Phi) is 7.74. The van der Waals surface area contributed by atoms with E-state index in [2.05, 4.69) is 4.90 Å². The molecule has 3 fully saturated rings. The molecule has 2 amide bonds. The highest BCUT2D eigenvalue weighted by atomic mass is 32.2. The van der Waals surface area contributed by atoms with Crippen LogP contribution in [0.3, 0.4) is 0 Å². The first-order valence-electron chi connectivity index (χ1n) is 12.4. The van der Waals surface area contributed by atoms with Crippen LogP contribution in [-0.2, 0) is 25.8 Å². The van der Waals surface area contributed by atoms with E-state index < -0.39 is 9.84 Å². The lowest BCUT2D eigenvalue weighted by Crippen LogP contribution is -2.55. The Balaban J connectivity index is 1.31. The smallest absolute Gasteiger partial charge is 0.237 e. The first-order chi connectivity index (χ1) is 15.8. The van der Waals surface area contributed by atoms with E-state index in [-0.39, 0.29) is 35.4 Å². The normalized spacial score (nSPS) is 24.0. The first kappa shape index (κ1) is 24.2. The SMILES string of the molecule is Cc1ccc(CC(=O)N2CCN(CC(=O)N(C3CCCCC3)C3CCS(=O)(=O)C3)CC2)cc1. The monoisotopic (exact) mass is 475 g/mol. The highest BCUT2D eigenvalue weighted by molar-refractivity contribution is 7.91. The predicted molar refractivity (Wildman–Crippen MR) is 129 cm³/mol. The van der Waals surface area contributed by atoms with Gasteiger partial charge in [0, 0.05) is 38.3 Å². The summed E-state index contributed by atoms with van der Waals surface area (Å²) < 4.78 is 24.2. The Morgan fingerprint density at radius 2 is 1.61 bits per heavy atom. The number of rotatable bonds is 6. The molecule has 1 aliphatic carbocycles. The second-order valence-corrected chi connectivity index (χ2v) is 12.2. The minimum atomic E-state index is -3.04. The summed E-state index contributed by atoms with van der Waals surface area (Å²) in [7, 11) is -3.04. The van der Waals surface area contributed by atoms with Crippen LogP contribution in [0, 0.1) is 6.92 Å². The molecule has 8 heteroatoms. The molecule has 1 aromatic carbocycles. The van der Waals surface area contributed by atoms with Crippen LogP contribution in [0.5, 0.6) is 0 Å². The van der Waals surface area contributed by atoms with Crippen LogP contribution in [0.4, 0.5) is 0 Å². The summed E-state index contributed by atoms with van der Waals surface area (Å²) in [5, 5.41) is 0. The molecule has 0 aromatic heterocycles. The molecule has 3 aliphatic rings. The van der Waals surface area contributed by atoms with Gasteiger partial charge in [0.15, 0.2) is 9.84 Å². The van der Waals surface area contributed by atoms with Gasteiger partial charge < -0.3 is 9.80 Å². The number of carbonyl (C=O) groups is 2. The zero-order valence-electron chi connectivity index (χ0n) is 19.7. The Hall–Kier alpha value is -1.93. The summed E-state index contributed by atoms with van der Waals surface area (Å²) in [5.41, 5.74) is 2.21. The van der Waals surface area contributed by atoms with Crippen molar-refractivity contribution in [3.8, 4) is 0 Å². The van der Waals surface area contributed by atoms with E-state index in [1.54, 1.807) is 0 Å². The first-order valence-corrected chi connectivity index (χ1v) is 14.2. The third kappa shape index (κ3) is 6.35. The molecule has 1 aromatic rings. The maximum absolute atomic E-state index is 13.4. The van der Waals surface area contributed by atoms with Crippen molar-refractivity contribution in [2.75, 3.05) is 44.2 Å². The second-order valence-electron chi connectivity index (χ2n) is 9.97. The Morgan fingerprint density at radius 3 is 2.21 bits per heavy atom. The molecule has 1 unspecified atom stereocenters. The van der Waals surface area contributed by atoms with E-state index in [0.717, 1.165) is 31.2 Å². The van der Waals surface area contributed by atoms with Crippen molar-refractivity contribution in [3.05, 3.63) is 35.4 Å². The standard InChI is InChI=1S/C25H37N3O4S/c1-20-7-9-21(10-8-20)17-24(29)27-14-12-26(13-15-27)18-25(30)28(22-5-3-2-4-6-22)23-11-16-33(31,32)19-23/h7-10,22-23H,2-6,11-19H2,1H3. The van der Waals surface area contributed by atoms with E-state index in [4.69, 9.17) is 0 Å². The summed E-state index contributed by atoms with van der Waals surface area (Å²) in [4.78, 5) is 32.1. The summed E-state index contributed by atoms with van der Waals surface area (Å²) in [6, 6.07) is 8.06. The van der Waals surface area contributed by atoms with Crippen LogP contribution in [0.1, 0.15) is 49.7 Å². The quantitative estimate of drug-likeness (QED) is 0.629. The Labute approximate surface area is 198 Å².